The highest BCUT2D eigenvalue weighted by atomic mass is 19.1. The highest BCUT2D eigenvalue weighted by Gasteiger charge is 1.97. The first kappa shape index (κ1) is 8.90. The minimum absolute atomic E-state index is 0.00222. The number of rotatable bonds is 3. The molecule has 0 unspecified atom stereocenters. The summed E-state index contributed by atoms with van der Waals surface area (Å²) in [4.78, 5) is 9.79. The second-order valence-corrected chi connectivity index (χ2v) is 1.58. The number of aliphatic hydroxyl groups excluding tert-OH is 1. The molecule has 0 aromatic heterocycles. The van der Waals surface area contributed by atoms with Gasteiger partial charge in [-0.05, 0) is 0 Å². The molecular formula is C5H8FNO3. The Morgan fingerprint density at radius 3 is 2.60 bits per heavy atom. The lowest BCUT2D eigenvalue weighted by molar-refractivity contribution is 0.195. The van der Waals surface area contributed by atoms with E-state index in [4.69, 9.17) is 10.2 Å². The van der Waals surface area contributed by atoms with Gasteiger partial charge >= 0.3 is 6.09 Å². The molecule has 0 atom stereocenters. The Bertz CT molecular complexity index is 146. The lowest BCUT2D eigenvalue weighted by Gasteiger charge is -1.99. The fourth-order valence-corrected chi connectivity index (χ4v) is 0.318. The standard InChI is InChI=1S/C5H8FNO3/c6-1-4(3-8)2-7-5(9)10/h1,7-8H,2-3H2,(H,9,10)/b4-1-. The van der Waals surface area contributed by atoms with Crippen molar-refractivity contribution in [2.75, 3.05) is 13.2 Å². The van der Waals surface area contributed by atoms with Crippen molar-refractivity contribution in [3.63, 3.8) is 0 Å². The quantitative estimate of drug-likeness (QED) is 0.533. The van der Waals surface area contributed by atoms with Gasteiger partial charge in [-0.25, -0.2) is 9.18 Å². The first-order valence-electron chi connectivity index (χ1n) is 2.56. The van der Waals surface area contributed by atoms with Crippen LogP contribution in [0.4, 0.5) is 9.18 Å². The Labute approximate surface area is 57.0 Å². The fourth-order valence-electron chi connectivity index (χ4n) is 0.318. The number of amides is 1. The van der Waals surface area contributed by atoms with Gasteiger partial charge in [0.1, 0.15) is 0 Å². The van der Waals surface area contributed by atoms with E-state index in [1.165, 1.54) is 0 Å². The lowest BCUT2D eigenvalue weighted by atomic mass is 10.3. The van der Waals surface area contributed by atoms with Gasteiger partial charge in [0.25, 0.3) is 0 Å². The molecular weight excluding hydrogens is 141 g/mol. The predicted octanol–water partition coefficient (Wildman–Crippen LogP) is 0.0997. The van der Waals surface area contributed by atoms with Crippen LogP contribution in [0.3, 0.4) is 0 Å². The molecule has 0 aliphatic rings. The highest BCUT2D eigenvalue weighted by molar-refractivity contribution is 5.64. The molecule has 0 aromatic carbocycles. The van der Waals surface area contributed by atoms with Gasteiger partial charge < -0.3 is 15.5 Å². The van der Waals surface area contributed by atoms with E-state index < -0.39 is 12.7 Å². The Hall–Kier alpha value is -1.10. The molecule has 58 valence electrons. The molecule has 0 bridgehead atoms. The van der Waals surface area contributed by atoms with E-state index in [0.717, 1.165) is 0 Å². The van der Waals surface area contributed by atoms with Crippen LogP contribution >= 0.6 is 0 Å². The van der Waals surface area contributed by atoms with E-state index in [-0.39, 0.29) is 18.4 Å². The van der Waals surface area contributed by atoms with E-state index in [0.29, 0.717) is 0 Å². The monoisotopic (exact) mass is 149 g/mol. The van der Waals surface area contributed by atoms with Crippen LogP contribution in [0, 0.1) is 0 Å². The SMILES string of the molecule is O=C(O)NC/C(=C/F)CO. The average Bonchev–Trinajstić information content (AvgIpc) is 1.90. The first-order chi connectivity index (χ1) is 4.70. The van der Waals surface area contributed by atoms with Gasteiger partial charge in [-0.3, -0.25) is 0 Å². The molecule has 0 saturated carbocycles. The molecule has 0 saturated heterocycles. The third-order valence-electron chi connectivity index (χ3n) is 0.824. The predicted molar refractivity (Wildman–Crippen MR) is 32.3 cm³/mol. The number of carbonyl (C=O) groups is 1. The van der Waals surface area contributed by atoms with Gasteiger partial charge in [-0.15, -0.1) is 0 Å². The number of carboxylic acid groups (broad SMARTS) is 1. The lowest BCUT2D eigenvalue weighted by Crippen LogP contribution is -2.24. The normalized spacial score (nSPS) is 11.2. The number of nitrogens with one attached hydrogen (secondary N) is 1. The van der Waals surface area contributed by atoms with Crippen LogP contribution in [0.15, 0.2) is 11.9 Å². The molecule has 0 aliphatic carbocycles. The third kappa shape index (κ3) is 3.85. The van der Waals surface area contributed by atoms with Crippen molar-refractivity contribution in [2.24, 2.45) is 0 Å². The average molecular weight is 149 g/mol. The maximum Gasteiger partial charge on any atom is 0.404 e. The van der Waals surface area contributed by atoms with Crippen molar-refractivity contribution in [1.29, 1.82) is 0 Å². The molecule has 5 heteroatoms. The Balaban J connectivity index is 3.56. The Kier molecular flexibility index (Phi) is 4.23. The summed E-state index contributed by atoms with van der Waals surface area (Å²) in [5.41, 5.74) is 0.00222. The van der Waals surface area contributed by atoms with Gasteiger partial charge in [0.05, 0.1) is 12.9 Å². The van der Waals surface area contributed by atoms with Crippen LogP contribution in [0.25, 0.3) is 0 Å². The Morgan fingerprint density at radius 1 is 1.70 bits per heavy atom. The van der Waals surface area contributed by atoms with Gasteiger partial charge in [0, 0.05) is 12.1 Å². The minimum atomic E-state index is -1.24. The van der Waals surface area contributed by atoms with Crippen molar-refractivity contribution >= 4 is 6.09 Å². The summed E-state index contributed by atoms with van der Waals surface area (Å²) < 4.78 is 11.6. The van der Waals surface area contributed by atoms with Crippen molar-refractivity contribution < 1.29 is 19.4 Å². The summed E-state index contributed by atoms with van der Waals surface area (Å²) >= 11 is 0. The summed E-state index contributed by atoms with van der Waals surface area (Å²) in [6.45, 7) is -0.654. The van der Waals surface area contributed by atoms with Gasteiger partial charge in [-0.2, -0.15) is 0 Å². The number of hydrogen-bond donors (Lipinski definition) is 3. The van der Waals surface area contributed by atoms with Crippen LogP contribution in [0.1, 0.15) is 0 Å². The molecule has 1 amide bonds. The number of aliphatic hydroxyl groups is 1. The summed E-state index contributed by atoms with van der Waals surface area (Å²) in [5.74, 6) is 0. The molecule has 3 N–H and O–H groups in total. The second-order valence-electron chi connectivity index (χ2n) is 1.58. The molecule has 0 radical (unpaired) electrons. The molecule has 0 aromatic rings. The molecule has 0 aliphatic heterocycles. The van der Waals surface area contributed by atoms with E-state index >= 15 is 0 Å². The van der Waals surface area contributed by atoms with Crippen LogP contribution in [0.5, 0.6) is 0 Å². The summed E-state index contributed by atoms with van der Waals surface area (Å²) in [5, 5.41) is 18.2. The number of halogens is 1. The summed E-state index contributed by atoms with van der Waals surface area (Å²) in [7, 11) is 0. The van der Waals surface area contributed by atoms with Crippen molar-refractivity contribution in [3.05, 3.63) is 11.9 Å². The van der Waals surface area contributed by atoms with E-state index in [1.54, 1.807) is 0 Å². The zero-order valence-corrected chi connectivity index (χ0v) is 5.17. The zero-order valence-electron chi connectivity index (χ0n) is 5.17. The first-order valence-corrected chi connectivity index (χ1v) is 2.56. The summed E-state index contributed by atoms with van der Waals surface area (Å²) in [6, 6.07) is 0. The van der Waals surface area contributed by atoms with Gasteiger partial charge in [0.15, 0.2) is 0 Å². The van der Waals surface area contributed by atoms with Crippen LogP contribution in [0.2, 0.25) is 0 Å². The maximum absolute atomic E-state index is 11.6. The maximum atomic E-state index is 11.6. The third-order valence-corrected chi connectivity index (χ3v) is 0.824. The molecule has 10 heavy (non-hydrogen) atoms. The fraction of sp³-hybridized carbons (Fsp3) is 0.400. The van der Waals surface area contributed by atoms with Crippen LogP contribution in [-0.2, 0) is 0 Å². The van der Waals surface area contributed by atoms with Gasteiger partial charge in [0.2, 0.25) is 0 Å². The molecule has 0 heterocycles. The Morgan fingerprint density at radius 2 is 2.30 bits per heavy atom. The smallest absolute Gasteiger partial charge is 0.404 e. The van der Waals surface area contributed by atoms with Crippen LogP contribution in [-0.4, -0.2) is 29.5 Å². The second kappa shape index (κ2) is 4.75. The minimum Gasteiger partial charge on any atom is -0.465 e. The topological polar surface area (TPSA) is 69.6 Å². The molecule has 0 rings (SSSR count). The molecule has 4 nitrogen and oxygen atoms in total. The van der Waals surface area contributed by atoms with E-state index in [1.807, 2.05) is 5.32 Å². The molecule has 0 fully saturated rings. The van der Waals surface area contributed by atoms with Gasteiger partial charge in [-0.1, -0.05) is 0 Å². The molecule has 0 spiro atoms. The highest BCUT2D eigenvalue weighted by Crippen LogP contribution is 1.89. The van der Waals surface area contributed by atoms with E-state index in [2.05, 4.69) is 0 Å². The summed E-state index contributed by atoms with van der Waals surface area (Å²) in [6.07, 6.45) is -1.07. The zero-order chi connectivity index (χ0) is 7.98. The van der Waals surface area contributed by atoms with Crippen molar-refractivity contribution in [1.82, 2.24) is 5.32 Å². The van der Waals surface area contributed by atoms with Crippen LogP contribution < -0.4 is 5.32 Å². The van der Waals surface area contributed by atoms with Crippen molar-refractivity contribution in [2.45, 2.75) is 0 Å². The van der Waals surface area contributed by atoms with E-state index in [9.17, 15) is 9.18 Å². The number of hydrogen-bond acceptors (Lipinski definition) is 2. The van der Waals surface area contributed by atoms with Crippen molar-refractivity contribution in [3.8, 4) is 0 Å². The largest absolute Gasteiger partial charge is 0.465 e.